The topological polar surface area (TPSA) is 45.6 Å². The minimum absolute atomic E-state index is 0.0640. The second-order valence-corrected chi connectivity index (χ2v) is 8.21. The van der Waals surface area contributed by atoms with Crippen molar-refractivity contribution in [2.45, 2.75) is 26.1 Å². The molecule has 2 aliphatic heterocycles. The first-order valence-corrected chi connectivity index (χ1v) is 10.1. The van der Waals surface area contributed by atoms with Gasteiger partial charge in [-0.2, -0.15) is 0 Å². The summed E-state index contributed by atoms with van der Waals surface area (Å²) < 4.78 is 0. The minimum atomic E-state index is -0.184. The molecule has 1 unspecified atom stereocenters. The zero-order chi connectivity index (χ0) is 17.7. The minimum Gasteiger partial charge on any atom is -0.353 e. The molecule has 5 heteroatoms. The van der Waals surface area contributed by atoms with E-state index in [1.807, 2.05) is 12.1 Å². The third kappa shape index (κ3) is 2.42. The molecular weight excluding hydrogens is 342 g/mol. The van der Waals surface area contributed by atoms with E-state index in [2.05, 4.69) is 47.9 Å². The highest BCUT2D eigenvalue weighted by Gasteiger charge is 2.34. The Labute approximate surface area is 156 Å². The van der Waals surface area contributed by atoms with E-state index in [1.54, 1.807) is 16.2 Å². The van der Waals surface area contributed by atoms with Crippen molar-refractivity contribution in [3.63, 3.8) is 0 Å². The number of carbonyl (C=O) groups is 1. The molecule has 132 valence electrons. The van der Waals surface area contributed by atoms with Gasteiger partial charge in [0.15, 0.2) is 0 Å². The Hall–Kier alpha value is -2.37. The quantitative estimate of drug-likeness (QED) is 0.655. The van der Waals surface area contributed by atoms with Crippen LogP contribution in [0.4, 0.5) is 5.00 Å². The molecule has 5 rings (SSSR count). The van der Waals surface area contributed by atoms with Gasteiger partial charge in [0.25, 0.3) is 5.91 Å². The van der Waals surface area contributed by atoms with Gasteiger partial charge in [0.1, 0.15) is 17.7 Å². The molecule has 0 aliphatic carbocycles. The van der Waals surface area contributed by atoms with E-state index in [9.17, 15) is 4.79 Å². The Morgan fingerprint density at radius 2 is 2.00 bits per heavy atom. The predicted molar refractivity (Wildman–Crippen MR) is 106 cm³/mol. The van der Waals surface area contributed by atoms with E-state index in [0.717, 1.165) is 42.2 Å². The first-order chi connectivity index (χ1) is 12.7. The van der Waals surface area contributed by atoms with Crippen LogP contribution in [0, 0.1) is 0 Å². The third-order valence-electron chi connectivity index (χ3n) is 5.64. The zero-order valence-electron chi connectivity index (χ0n) is 14.8. The van der Waals surface area contributed by atoms with Crippen molar-refractivity contribution in [2.24, 2.45) is 0 Å². The number of hydrogen-bond donors (Lipinski definition) is 3. The number of fused-ring (bicyclic) bond motifs is 4. The predicted octanol–water partition coefficient (Wildman–Crippen LogP) is 2.72. The van der Waals surface area contributed by atoms with Crippen molar-refractivity contribution in [3.05, 3.63) is 64.0 Å². The van der Waals surface area contributed by atoms with Crippen LogP contribution in [-0.4, -0.2) is 19.0 Å². The SMILES string of the molecule is CC[NH+]1CCc2c(sc3c2C(=O)N[C@@H](c2cccc4ccccc24)N3)C1. The van der Waals surface area contributed by atoms with Gasteiger partial charge < -0.3 is 15.5 Å². The Kier molecular flexibility index (Phi) is 3.72. The molecule has 0 saturated carbocycles. The number of thiophene rings is 1. The number of rotatable bonds is 2. The Bertz CT molecular complexity index is 1000. The number of hydrogen-bond acceptors (Lipinski definition) is 3. The molecular formula is C21H22N3OS+. The summed E-state index contributed by atoms with van der Waals surface area (Å²) in [6.07, 6.45) is 0.814. The lowest BCUT2D eigenvalue weighted by Gasteiger charge is -2.28. The lowest BCUT2D eigenvalue weighted by molar-refractivity contribution is -0.913. The van der Waals surface area contributed by atoms with Crippen LogP contribution >= 0.6 is 11.3 Å². The van der Waals surface area contributed by atoms with Crippen LogP contribution < -0.4 is 15.5 Å². The largest absolute Gasteiger partial charge is 0.353 e. The van der Waals surface area contributed by atoms with Crippen molar-refractivity contribution in [1.29, 1.82) is 0 Å². The maximum absolute atomic E-state index is 12.9. The van der Waals surface area contributed by atoms with Gasteiger partial charge >= 0.3 is 0 Å². The molecule has 4 nitrogen and oxygen atoms in total. The van der Waals surface area contributed by atoms with Gasteiger partial charge in [-0.05, 0) is 23.3 Å². The molecule has 0 radical (unpaired) electrons. The van der Waals surface area contributed by atoms with Crippen LogP contribution in [0.15, 0.2) is 42.5 Å². The van der Waals surface area contributed by atoms with Gasteiger partial charge in [0, 0.05) is 12.0 Å². The van der Waals surface area contributed by atoms with Crippen LogP contribution in [0.5, 0.6) is 0 Å². The number of nitrogens with one attached hydrogen (secondary N) is 3. The monoisotopic (exact) mass is 364 g/mol. The zero-order valence-corrected chi connectivity index (χ0v) is 15.6. The smallest absolute Gasteiger partial charge is 0.256 e. The van der Waals surface area contributed by atoms with Crippen molar-refractivity contribution in [1.82, 2.24) is 5.32 Å². The van der Waals surface area contributed by atoms with Crippen LogP contribution in [0.1, 0.15) is 39.5 Å². The molecule has 1 aromatic heterocycles. The number of anilines is 1. The van der Waals surface area contributed by atoms with Gasteiger partial charge in [-0.25, -0.2) is 0 Å². The highest BCUT2D eigenvalue weighted by atomic mass is 32.1. The van der Waals surface area contributed by atoms with Gasteiger partial charge in [-0.3, -0.25) is 4.79 Å². The summed E-state index contributed by atoms with van der Waals surface area (Å²) in [6, 6.07) is 14.6. The normalized spacial score (nSPS) is 21.7. The summed E-state index contributed by atoms with van der Waals surface area (Å²) in [6.45, 7) is 5.53. The fourth-order valence-electron chi connectivity index (χ4n) is 4.21. The molecule has 3 N–H and O–H groups in total. The molecule has 0 spiro atoms. The van der Waals surface area contributed by atoms with E-state index in [-0.39, 0.29) is 12.1 Å². The van der Waals surface area contributed by atoms with Crippen LogP contribution in [0.3, 0.4) is 0 Å². The summed E-state index contributed by atoms with van der Waals surface area (Å²) in [5.41, 5.74) is 3.27. The fraction of sp³-hybridized carbons (Fsp3) is 0.286. The van der Waals surface area contributed by atoms with Crippen LogP contribution in [-0.2, 0) is 13.0 Å². The van der Waals surface area contributed by atoms with E-state index >= 15 is 0 Å². The second-order valence-electron chi connectivity index (χ2n) is 7.11. The summed E-state index contributed by atoms with van der Waals surface area (Å²) in [5.74, 6) is 0.0640. The van der Waals surface area contributed by atoms with Crippen molar-refractivity contribution < 1.29 is 9.69 Å². The summed E-state index contributed by atoms with van der Waals surface area (Å²) in [5, 5.41) is 10.2. The third-order valence-corrected chi connectivity index (χ3v) is 6.81. The van der Waals surface area contributed by atoms with Crippen molar-refractivity contribution in [2.75, 3.05) is 18.4 Å². The lowest BCUT2D eigenvalue weighted by Crippen LogP contribution is -3.11. The summed E-state index contributed by atoms with van der Waals surface area (Å²) >= 11 is 1.77. The maximum atomic E-state index is 12.9. The number of likely N-dealkylation sites (N-methyl/N-ethyl adjacent to an activating group) is 1. The Balaban J connectivity index is 1.55. The second kappa shape index (κ2) is 6.11. The molecule has 2 atom stereocenters. The molecule has 0 bridgehead atoms. The first kappa shape index (κ1) is 15.9. The molecule has 0 fully saturated rings. The molecule has 3 aromatic rings. The fourth-order valence-corrected chi connectivity index (χ4v) is 5.55. The highest BCUT2D eigenvalue weighted by Crippen LogP contribution is 2.39. The molecule has 2 aliphatic rings. The maximum Gasteiger partial charge on any atom is 0.256 e. The van der Waals surface area contributed by atoms with Gasteiger partial charge in [-0.15, -0.1) is 11.3 Å². The van der Waals surface area contributed by atoms with E-state index < -0.39 is 0 Å². The Morgan fingerprint density at radius 3 is 2.88 bits per heavy atom. The number of carbonyl (C=O) groups excluding carboxylic acids is 1. The van der Waals surface area contributed by atoms with Gasteiger partial charge in [-0.1, -0.05) is 42.5 Å². The van der Waals surface area contributed by atoms with Crippen LogP contribution in [0.2, 0.25) is 0 Å². The summed E-state index contributed by atoms with van der Waals surface area (Å²) in [4.78, 5) is 15.9. The average Bonchev–Trinajstić information content (AvgIpc) is 3.05. The first-order valence-electron chi connectivity index (χ1n) is 9.27. The lowest BCUT2D eigenvalue weighted by atomic mass is 9.98. The van der Waals surface area contributed by atoms with E-state index in [4.69, 9.17) is 0 Å². The molecule has 2 aromatic carbocycles. The van der Waals surface area contributed by atoms with Crippen molar-refractivity contribution in [3.8, 4) is 0 Å². The van der Waals surface area contributed by atoms with E-state index in [1.165, 1.54) is 21.2 Å². The number of amides is 1. The van der Waals surface area contributed by atoms with E-state index in [0.29, 0.717) is 0 Å². The average molecular weight is 364 g/mol. The molecule has 3 heterocycles. The molecule has 26 heavy (non-hydrogen) atoms. The molecule has 1 amide bonds. The number of quaternary nitrogens is 1. The standard InChI is InChI=1S/C21H21N3OS/c1-2-24-11-10-16-17(12-24)26-21-18(16)20(25)22-19(23-21)15-9-5-7-13-6-3-4-8-14(13)15/h3-9,19,23H,2,10-12H2,1H3,(H,22,25)/p+1/t19-/m1/s1. The molecule has 0 saturated heterocycles. The number of benzene rings is 2. The Morgan fingerprint density at radius 1 is 1.15 bits per heavy atom. The van der Waals surface area contributed by atoms with Gasteiger partial charge in [0.05, 0.1) is 23.5 Å². The van der Waals surface area contributed by atoms with Gasteiger partial charge in [0.2, 0.25) is 0 Å². The van der Waals surface area contributed by atoms with Crippen molar-refractivity contribution >= 4 is 33.0 Å². The summed E-state index contributed by atoms with van der Waals surface area (Å²) in [7, 11) is 0. The van der Waals surface area contributed by atoms with Crippen LogP contribution in [0.25, 0.3) is 10.8 Å². The highest BCUT2D eigenvalue weighted by molar-refractivity contribution is 7.16.